The molecule has 122 valence electrons. The zero-order valence-corrected chi connectivity index (χ0v) is 13.5. The molecule has 1 fully saturated rings. The molecule has 0 aliphatic carbocycles. The molecule has 0 amide bonds. The fourth-order valence-corrected chi connectivity index (χ4v) is 3.02. The Morgan fingerprint density at radius 1 is 1.43 bits per heavy atom. The maximum atomic E-state index is 12.6. The first kappa shape index (κ1) is 15.7. The molecule has 3 rings (SSSR count). The lowest BCUT2D eigenvalue weighted by atomic mass is 10.1. The van der Waals surface area contributed by atoms with Crippen molar-refractivity contribution in [1.82, 2.24) is 4.57 Å². The molecule has 1 aromatic carbocycles. The van der Waals surface area contributed by atoms with E-state index in [2.05, 4.69) is 0 Å². The Hall–Kier alpha value is -2.14. The number of pyridine rings is 1. The summed E-state index contributed by atoms with van der Waals surface area (Å²) >= 11 is 0. The van der Waals surface area contributed by atoms with Crippen molar-refractivity contribution in [3.63, 3.8) is 0 Å². The second kappa shape index (κ2) is 6.54. The highest BCUT2D eigenvalue weighted by molar-refractivity contribution is 5.93. The summed E-state index contributed by atoms with van der Waals surface area (Å²) in [4.78, 5) is 24.8. The van der Waals surface area contributed by atoms with Crippen molar-refractivity contribution in [1.29, 1.82) is 0 Å². The molecule has 5 heteroatoms. The van der Waals surface area contributed by atoms with E-state index in [4.69, 9.17) is 9.47 Å². The van der Waals surface area contributed by atoms with E-state index in [0.29, 0.717) is 11.9 Å². The number of fused-ring (bicyclic) bond motifs is 1. The van der Waals surface area contributed by atoms with Gasteiger partial charge >= 0.3 is 5.97 Å². The summed E-state index contributed by atoms with van der Waals surface area (Å²) in [6.45, 7) is 5.31. The zero-order valence-electron chi connectivity index (χ0n) is 13.5. The number of benzene rings is 1. The number of hydrogen-bond acceptors (Lipinski definition) is 4. The molecule has 1 aliphatic rings. The monoisotopic (exact) mass is 315 g/mol. The average Bonchev–Trinajstić information content (AvgIpc) is 3.03. The van der Waals surface area contributed by atoms with Gasteiger partial charge in [-0.1, -0.05) is 11.6 Å². The molecule has 0 radical (unpaired) electrons. The first-order valence-corrected chi connectivity index (χ1v) is 8.02. The molecule has 1 aromatic heterocycles. The van der Waals surface area contributed by atoms with E-state index in [0.717, 1.165) is 30.5 Å². The largest absolute Gasteiger partial charge is 0.462 e. The Bertz CT molecular complexity index is 787. The summed E-state index contributed by atoms with van der Waals surface area (Å²) in [5, 5.41) is 0.550. The predicted octanol–water partition coefficient (Wildman–Crippen LogP) is 2.67. The van der Waals surface area contributed by atoms with Gasteiger partial charge in [-0.2, -0.15) is 0 Å². The summed E-state index contributed by atoms with van der Waals surface area (Å²) in [5.41, 5.74) is 1.62. The highest BCUT2D eigenvalue weighted by atomic mass is 16.5. The van der Waals surface area contributed by atoms with Crippen LogP contribution < -0.4 is 5.43 Å². The number of carbonyl (C=O) groups is 1. The maximum Gasteiger partial charge on any atom is 0.343 e. The average molecular weight is 315 g/mol. The topological polar surface area (TPSA) is 57.5 Å². The third-order valence-corrected chi connectivity index (χ3v) is 4.16. The van der Waals surface area contributed by atoms with Crippen LogP contribution in [0.2, 0.25) is 0 Å². The van der Waals surface area contributed by atoms with Crippen LogP contribution >= 0.6 is 0 Å². The van der Waals surface area contributed by atoms with Gasteiger partial charge in [0.05, 0.1) is 18.2 Å². The van der Waals surface area contributed by atoms with Crippen molar-refractivity contribution in [3.05, 3.63) is 45.7 Å². The number of nitrogens with zero attached hydrogens (tertiary/aromatic N) is 1. The van der Waals surface area contributed by atoms with Crippen LogP contribution in [-0.2, 0) is 16.0 Å². The predicted molar refractivity (Wildman–Crippen MR) is 87.9 cm³/mol. The van der Waals surface area contributed by atoms with Crippen LogP contribution in [0.1, 0.15) is 35.7 Å². The van der Waals surface area contributed by atoms with Gasteiger partial charge in [0, 0.05) is 24.7 Å². The van der Waals surface area contributed by atoms with E-state index in [1.54, 1.807) is 13.1 Å². The van der Waals surface area contributed by atoms with Crippen molar-refractivity contribution >= 4 is 16.9 Å². The molecular formula is C18H21NO4. The summed E-state index contributed by atoms with van der Waals surface area (Å²) < 4.78 is 12.7. The van der Waals surface area contributed by atoms with E-state index >= 15 is 0 Å². The van der Waals surface area contributed by atoms with E-state index in [-0.39, 0.29) is 23.7 Å². The molecule has 2 aromatic rings. The molecule has 5 nitrogen and oxygen atoms in total. The third kappa shape index (κ3) is 3.15. The Kier molecular flexibility index (Phi) is 4.48. The van der Waals surface area contributed by atoms with E-state index < -0.39 is 5.97 Å². The fraction of sp³-hybridized carbons (Fsp3) is 0.444. The van der Waals surface area contributed by atoms with Crippen molar-refractivity contribution in [2.75, 3.05) is 13.2 Å². The minimum absolute atomic E-state index is 0.0861. The Labute approximate surface area is 134 Å². The Balaban J connectivity index is 2.14. The lowest BCUT2D eigenvalue weighted by Gasteiger charge is -2.17. The van der Waals surface area contributed by atoms with Crippen LogP contribution in [0, 0.1) is 6.92 Å². The highest BCUT2D eigenvalue weighted by Gasteiger charge is 2.20. The van der Waals surface area contributed by atoms with Gasteiger partial charge in [0.15, 0.2) is 0 Å². The maximum absolute atomic E-state index is 12.6. The molecule has 0 saturated carbocycles. The molecule has 1 atom stereocenters. The molecular weight excluding hydrogens is 294 g/mol. The van der Waals surface area contributed by atoms with Crippen molar-refractivity contribution in [2.45, 2.75) is 39.3 Å². The first-order valence-electron chi connectivity index (χ1n) is 8.02. The van der Waals surface area contributed by atoms with Gasteiger partial charge in [-0.25, -0.2) is 4.79 Å². The van der Waals surface area contributed by atoms with Gasteiger partial charge in [-0.3, -0.25) is 4.79 Å². The van der Waals surface area contributed by atoms with Crippen LogP contribution in [0.25, 0.3) is 10.9 Å². The van der Waals surface area contributed by atoms with Gasteiger partial charge in [-0.05, 0) is 38.8 Å². The summed E-state index contributed by atoms with van der Waals surface area (Å²) in [7, 11) is 0. The Morgan fingerprint density at radius 2 is 2.26 bits per heavy atom. The standard InChI is InChI=1S/C18H21NO4/c1-3-22-18(21)15-11-19(10-13-5-4-8-23-13)16-7-6-12(2)9-14(16)17(15)20/h6-7,9,11,13H,3-5,8,10H2,1-2H3/t13-/m0/s1. The zero-order chi connectivity index (χ0) is 16.4. The molecule has 0 spiro atoms. The SMILES string of the molecule is CCOC(=O)c1cn(C[C@@H]2CCCO2)c2ccc(C)cc2c1=O. The first-order chi connectivity index (χ1) is 11.1. The minimum atomic E-state index is -0.568. The normalized spacial score (nSPS) is 17.6. The minimum Gasteiger partial charge on any atom is -0.462 e. The second-order valence-corrected chi connectivity index (χ2v) is 5.90. The molecule has 2 heterocycles. The van der Waals surface area contributed by atoms with E-state index in [1.807, 2.05) is 29.7 Å². The molecule has 23 heavy (non-hydrogen) atoms. The molecule has 0 N–H and O–H groups in total. The molecule has 0 bridgehead atoms. The van der Waals surface area contributed by atoms with Gasteiger partial charge in [0.1, 0.15) is 5.56 Å². The summed E-state index contributed by atoms with van der Waals surface area (Å²) in [6.07, 6.45) is 3.78. The number of carbonyl (C=O) groups excluding carboxylic acids is 1. The van der Waals surface area contributed by atoms with Crippen LogP contribution in [0.4, 0.5) is 0 Å². The smallest absolute Gasteiger partial charge is 0.343 e. The molecule has 0 unspecified atom stereocenters. The van der Waals surface area contributed by atoms with Gasteiger partial charge in [0.2, 0.25) is 5.43 Å². The number of ether oxygens (including phenoxy) is 2. The summed E-state index contributed by atoms with van der Waals surface area (Å²) in [6, 6.07) is 5.72. The van der Waals surface area contributed by atoms with Crippen LogP contribution in [-0.4, -0.2) is 29.9 Å². The van der Waals surface area contributed by atoms with Crippen LogP contribution in [0.3, 0.4) is 0 Å². The van der Waals surface area contributed by atoms with Crippen LogP contribution in [0.15, 0.2) is 29.2 Å². The summed E-state index contributed by atoms with van der Waals surface area (Å²) in [5.74, 6) is -0.568. The van der Waals surface area contributed by atoms with Crippen molar-refractivity contribution < 1.29 is 14.3 Å². The molecule has 1 aliphatic heterocycles. The number of aryl methyl sites for hydroxylation is 1. The number of esters is 1. The quantitative estimate of drug-likeness (QED) is 0.814. The number of aromatic nitrogens is 1. The van der Waals surface area contributed by atoms with Gasteiger partial charge < -0.3 is 14.0 Å². The molecule has 1 saturated heterocycles. The fourth-order valence-electron chi connectivity index (χ4n) is 3.02. The third-order valence-electron chi connectivity index (χ3n) is 4.16. The van der Waals surface area contributed by atoms with Gasteiger partial charge in [0.25, 0.3) is 0 Å². The second-order valence-electron chi connectivity index (χ2n) is 5.90. The van der Waals surface area contributed by atoms with Crippen molar-refractivity contribution in [3.8, 4) is 0 Å². The Morgan fingerprint density at radius 3 is 2.96 bits per heavy atom. The van der Waals surface area contributed by atoms with Crippen LogP contribution in [0.5, 0.6) is 0 Å². The number of hydrogen-bond donors (Lipinski definition) is 0. The lowest BCUT2D eigenvalue weighted by molar-refractivity contribution is 0.0523. The van der Waals surface area contributed by atoms with Crippen molar-refractivity contribution in [2.24, 2.45) is 0 Å². The van der Waals surface area contributed by atoms with E-state index in [1.165, 1.54) is 0 Å². The van der Waals surface area contributed by atoms with E-state index in [9.17, 15) is 9.59 Å². The highest BCUT2D eigenvalue weighted by Crippen LogP contribution is 2.19. The lowest BCUT2D eigenvalue weighted by Crippen LogP contribution is -2.23. The van der Waals surface area contributed by atoms with Gasteiger partial charge in [-0.15, -0.1) is 0 Å². The number of rotatable bonds is 4.